The Morgan fingerprint density at radius 2 is 2.33 bits per heavy atom. The molecule has 1 aliphatic rings. The summed E-state index contributed by atoms with van der Waals surface area (Å²) in [6.45, 7) is 0. The van der Waals surface area contributed by atoms with Crippen molar-refractivity contribution in [3.8, 4) is 0 Å². The molecule has 0 aromatic carbocycles. The van der Waals surface area contributed by atoms with Gasteiger partial charge in [-0.25, -0.2) is 4.79 Å². The Hall–Kier alpha value is -1.09. The Bertz CT molecular complexity index is 220. The number of carbonyl (C=O) groups is 1. The standard InChI is InChI=1S/C9H12O3/c1-12-8-5-7(6-8)3-2-4-9(10)11/h2-4,8H,5-6H2,1H3,(H,10,11)/b4-2+,7-3?. The van der Waals surface area contributed by atoms with E-state index in [1.54, 1.807) is 13.2 Å². The van der Waals surface area contributed by atoms with E-state index in [0.29, 0.717) is 6.10 Å². The van der Waals surface area contributed by atoms with Crippen molar-refractivity contribution >= 4 is 5.97 Å². The highest BCUT2D eigenvalue weighted by Crippen LogP contribution is 2.28. The van der Waals surface area contributed by atoms with Crippen LogP contribution in [0.4, 0.5) is 0 Å². The second-order valence-corrected chi connectivity index (χ2v) is 2.79. The van der Waals surface area contributed by atoms with E-state index < -0.39 is 5.97 Å². The average Bonchev–Trinajstić information content (AvgIpc) is 1.93. The molecule has 0 amide bonds. The largest absolute Gasteiger partial charge is 0.478 e. The summed E-state index contributed by atoms with van der Waals surface area (Å²) in [5.41, 5.74) is 1.25. The lowest BCUT2D eigenvalue weighted by Gasteiger charge is -2.27. The first-order valence-corrected chi connectivity index (χ1v) is 3.84. The van der Waals surface area contributed by atoms with Crippen LogP contribution in [0.25, 0.3) is 0 Å². The van der Waals surface area contributed by atoms with Gasteiger partial charge in [0.25, 0.3) is 0 Å². The minimum atomic E-state index is -0.908. The van der Waals surface area contributed by atoms with Gasteiger partial charge in [-0.3, -0.25) is 0 Å². The van der Waals surface area contributed by atoms with Crippen LogP contribution in [0.3, 0.4) is 0 Å². The summed E-state index contributed by atoms with van der Waals surface area (Å²) in [6, 6.07) is 0. The lowest BCUT2D eigenvalue weighted by molar-refractivity contribution is -0.131. The summed E-state index contributed by atoms with van der Waals surface area (Å²) in [4.78, 5) is 10.1. The molecule has 0 heterocycles. The van der Waals surface area contributed by atoms with Gasteiger partial charge in [-0.15, -0.1) is 0 Å². The zero-order valence-electron chi connectivity index (χ0n) is 6.99. The lowest BCUT2D eigenvalue weighted by Crippen LogP contribution is -2.22. The van der Waals surface area contributed by atoms with Gasteiger partial charge in [-0.2, -0.15) is 0 Å². The highest BCUT2D eigenvalue weighted by molar-refractivity contribution is 5.80. The molecule has 0 aromatic heterocycles. The van der Waals surface area contributed by atoms with Crippen molar-refractivity contribution < 1.29 is 14.6 Å². The van der Waals surface area contributed by atoms with Crippen LogP contribution in [-0.2, 0) is 9.53 Å². The molecule has 12 heavy (non-hydrogen) atoms. The second kappa shape index (κ2) is 4.07. The van der Waals surface area contributed by atoms with Crippen molar-refractivity contribution in [3.63, 3.8) is 0 Å². The fourth-order valence-corrected chi connectivity index (χ4v) is 1.09. The SMILES string of the molecule is COC1CC(=C/C=C/C(=O)O)C1. The van der Waals surface area contributed by atoms with Crippen LogP contribution in [0.1, 0.15) is 12.8 Å². The van der Waals surface area contributed by atoms with Crippen LogP contribution in [0.5, 0.6) is 0 Å². The summed E-state index contributed by atoms with van der Waals surface area (Å²) >= 11 is 0. The lowest BCUT2D eigenvalue weighted by atomic mass is 9.88. The van der Waals surface area contributed by atoms with Crippen LogP contribution < -0.4 is 0 Å². The molecule has 1 saturated carbocycles. The number of ether oxygens (including phenoxy) is 1. The van der Waals surface area contributed by atoms with Gasteiger partial charge in [-0.05, 0) is 12.8 Å². The van der Waals surface area contributed by atoms with E-state index in [1.165, 1.54) is 5.57 Å². The summed E-state index contributed by atoms with van der Waals surface area (Å²) in [5.74, 6) is -0.908. The molecule has 66 valence electrons. The highest BCUT2D eigenvalue weighted by Gasteiger charge is 2.21. The van der Waals surface area contributed by atoms with Gasteiger partial charge in [0.1, 0.15) is 0 Å². The molecule has 1 rings (SSSR count). The third kappa shape index (κ3) is 2.51. The van der Waals surface area contributed by atoms with Crippen LogP contribution >= 0.6 is 0 Å². The highest BCUT2D eigenvalue weighted by atomic mass is 16.5. The molecule has 0 radical (unpaired) electrons. The van der Waals surface area contributed by atoms with Crippen LogP contribution in [0, 0.1) is 0 Å². The molecule has 0 unspecified atom stereocenters. The Balaban J connectivity index is 2.28. The van der Waals surface area contributed by atoms with E-state index in [0.717, 1.165) is 18.9 Å². The summed E-state index contributed by atoms with van der Waals surface area (Å²) in [7, 11) is 1.69. The van der Waals surface area contributed by atoms with E-state index in [9.17, 15) is 4.79 Å². The Labute approximate surface area is 71.3 Å². The Kier molecular flexibility index (Phi) is 3.05. The predicted molar refractivity (Wildman–Crippen MR) is 44.9 cm³/mol. The number of carboxylic acid groups (broad SMARTS) is 1. The topological polar surface area (TPSA) is 46.5 Å². The van der Waals surface area contributed by atoms with Gasteiger partial charge in [0.05, 0.1) is 6.10 Å². The summed E-state index contributed by atoms with van der Waals surface area (Å²) in [5, 5.41) is 8.27. The predicted octanol–water partition coefficient (Wildman–Crippen LogP) is 1.36. The summed E-state index contributed by atoms with van der Waals surface area (Å²) in [6.07, 6.45) is 6.73. The maximum absolute atomic E-state index is 10.1. The normalized spacial score (nSPS) is 22.4. The van der Waals surface area contributed by atoms with E-state index in [1.807, 2.05) is 6.08 Å². The maximum Gasteiger partial charge on any atom is 0.328 e. The molecule has 1 aliphatic carbocycles. The van der Waals surface area contributed by atoms with Gasteiger partial charge in [0.15, 0.2) is 0 Å². The molecular weight excluding hydrogens is 156 g/mol. The monoisotopic (exact) mass is 168 g/mol. The third-order valence-corrected chi connectivity index (χ3v) is 1.88. The van der Waals surface area contributed by atoms with E-state index >= 15 is 0 Å². The molecule has 3 nitrogen and oxygen atoms in total. The van der Waals surface area contributed by atoms with E-state index in [2.05, 4.69) is 0 Å². The van der Waals surface area contributed by atoms with Crippen molar-refractivity contribution in [2.24, 2.45) is 0 Å². The molecule has 3 heteroatoms. The van der Waals surface area contributed by atoms with Crippen molar-refractivity contribution in [1.29, 1.82) is 0 Å². The minimum Gasteiger partial charge on any atom is -0.478 e. The number of allylic oxidation sites excluding steroid dienone is 2. The maximum atomic E-state index is 10.1. The number of rotatable bonds is 3. The molecule has 1 fully saturated rings. The van der Waals surface area contributed by atoms with Gasteiger partial charge in [-0.1, -0.05) is 17.7 Å². The van der Waals surface area contributed by atoms with Crippen molar-refractivity contribution in [2.45, 2.75) is 18.9 Å². The third-order valence-electron chi connectivity index (χ3n) is 1.88. The number of aliphatic carboxylic acids is 1. The first-order valence-electron chi connectivity index (χ1n) is 3.84. The molecule has 0 aliphatic heterocycles. The van der Waals surface area contributed by atoms with Gasteiger partial charge in [0.2, 0.25) is 0 Å². The van der Waals surface area contributed by atoms with E-state index in [4.69, 9.17) is 9.84 Å². The smallest absolute Gasteiger partial charge is 0.328 e. The molecule has 0 saturated heterocycles. The average molecular weight is 168 g/mol. The quantitative estimate of drug-likeness (QED) is 0.647. The zero-order valence-corrected chi connectivity index (χ0v) is 6.99. The molecule has 1 N–H and O–H groups in total. The van der Waals surface area contributed by atoms with Crippen molar-refractivity contribution in [2.75, 3.05) is 7.11 Å². The van der Waals surface area contributed by atoms with Gasteiger partial charge < -0.3 is 9.84 Å². The van der Waals surface area contributed by atoms with Gasteiger partial charge >= 0.3 is 5.97 Å². The zero-order chi connectivity index (χ0) is 8.97. The Morgan fingerprint density at radius 1 is 1.67 bits per heavy atom. The number of hydrogen-bond donors (Lipinski definition) is 1. The molecule has 0 spiro atoms. The van der Waals surface area contributed by atoms with E-state index in [-0.39, 0.29) is 0 Å². The number of carboxylic acids is 1. The first kappa shape index (κ1) is 9.00. The fourth-order valence-electron chi connectivity index (χ4n) is 1.09. The second-order valence-electron chi connectivity index (χ2n) is 2.79. The summed E-state index contributed by atoms with van der Waals surface area (Å²) < 4.78 is 5.06. The number of hydrogen-bond acceptors (Lipinski definition) is 2. The molecule has 0 aromatic rings. The van der Waals surface area contributed by atoms with Crippen molar-refractivity contribution in [1.82, 2.24) is 0 Å². The molecule has 0 bridgehead atoms. The molecular formula is C9H12O3. The minimum absolute atomic E-state index is 0.342. The van der Waals surface area contributed by atoms with Crippen LogP contribution in [0.2, 0.25) is 0 Å². The van der Waals surface area contributed by atoms with Gasteiger partial charge in [0, 0.05) is 13.2 Å². The van der Waals surface area contributed by atoms with Crippen molar-refractivity contribution in [3.05, 3.63) is 23.8 Å². The molecule has 0 atom stereocenters. The Morgan fingerprint density at radius 3 is 2.83 bits per heavy atom. The van der Waals surface area contributed by atoms with Crippen LogP contribution in [-0.4, -0.2) is 24.3 Å². The van der Waals surface area contributed by atoms with Crippen LogP contribution in [0.15, 0.2) is 23.8 Å². The fraction of sp³-hybridized carbons (Fsp3) is 0.444. The first-order chi connectivity index (χ1) is 5.72. The number of methoxy groups -OCH3 is 1.